The van der Waals surface area contributed by atoms with Gasteiger partial charge in [-0.05, 0) is 19.3 Å². The number of nitrogens with one attached hydrogen (secondary N) is 1. The lowest BCUT2D eigenvalue weighted by molar-refractivity contribution is -0.137. The maximum atomic E-state index is 12.2. The molecule has 0 aromatic carbocycles. The van der Waals surface area contributed by atoms with Crippen molar-refractivity contribution in [3.8, 4) is 0 Å². The molecule has 1 saturated heterocycles. The van der Waals surface area contributed by atoms with Crippen LogP contribution in [0.3, 0.4) is 0 Å². The van der Waals surface area contributed by atoms with Gasteiger partial charge in [-0.3, -0.25) is 4.79 Å². The zero-order valence-corrected chi connectivity index (χ0v) is 11.3. The molecular weight excluding hydrogens is 216 g/mol. The molecule has 100 valence electrons. The number of hydrogen-bond donors (Lipinski definition) is 2. The van der Waals surface area contributed by atoms with Crippen molar-refractivity contribution in [3.05, 3.63) is 0 Å². The van der Waals surface area contributed by atoms with Gasteiger partial charge in [0.1, 0.15) is 0 Å². The second-order valence-corrected chi connectivity index (χ2v) is 5.24. The number of aliphatic hydroxyl groups excluding tert-OH is 1. The van der Waals surface area contributed by atoms with Gasteiger partial charge in [-0.1, -0.05) is 27.2 Å². The Bertz CT molecular complexity index is 244. The standard InChI is InChI=1S/C13H26N2O2/c1-4-6-11(16)9-15-8-5-7-12(13(15)17)14-10(2)3/h10-12,14,16H,4-9H2,1-3H3. The molecule has 0 radical (unpaired) electrons. The lowest BCUT2D eigenvalue weighted by atomic mass is 10.0. The third-order valence-electron chi connectivity index (χ3n) is 3.12. The van der Waals surface area contributed by atoms with Crippen LogP contribution < -0.4 is 5.32 Å². The first kappa shape index (κ1) is 14.5. The molecule has 2 N–H and O–H groups in total. The maximum Gasteiger partial charge on any atom is 0.239 e. The summed E-state index contributed by atoms with van der Waals surface area (Å²) < 4.78 is 0. The van der Waals surface area contributed by atoms with Crippen molar-refractivity contribution in [3.63, 3.8) is 0 Å². The molecule has 0 saturated carbocycles. The van der Waals surface area contributed by atoms with E-state index in [2.05, 4.69) is 19.2 Å². The van der Waals surface area contributed by atoms with E-state index >= 15 is 0 Å². The monoisotopic (exact) mass is 242 g/mol. The van der Waals surface area contributed by atoms with Gasteiger partial charge in [0.05, 0.1) is 12.1 Å². The van der Waals surface area contributed by atoms with Crippen LogP contribution in [0, 0.1) is 0 Å². The molecule has 0 bridgehead atoms. The van der Waals surface area contributed by atoms with Crippen LogP contribution in [0.1, 0.15) is 46.5 Å². The molecular formula is C13H26N2O2. The summed E-state index contributed by atoms with van der Waals surface area (Å²) >= 11 is 0. The zero-order chi connectivity index (χ0) is 12.8. The van der Waals surface area contributed by atoms with Gasteiger partial charge in [-0.2, -0.15) is 0 Å². The Morgan fingerprint density at radius 1 is 1.53 bits per heavy atom. The van der Waals surface area contributed by atoms with Crippen LogP contribution in [0.2, 0.25) is 0 Å². The van der Waals surface area contributed by atoms with Crippen molar-refractivity contribution < 1.29 is 9.90 Å². The van der Waals surface area contributed by atoms with Gasteiger partial charge >= 0.3 is 0 Å². The minimum atomic E-state index is -0.373. The Balaban J connectivity index is 2.47. The van der Waals surface area contributed by atoms with Gasteiger partial charge in [-0.15, -0.1) is 0 Å². The summed E-state index contributed by atoms with van der Waals surface area (Å²) in [7, 11) is 0. The highest BCUT2D eigenvalue weighted by atomic mass is 16.3. The van der Waals surface area contributed by atoms with Crippen molar-refractivity contribution in [2.75, 3.05) is 13.1 Å². The van der Waals surface area contributed by atoms with E-state index < -0.39 is 0 Å². The summed E-state index contributed by atoms with van der Waals surface area (Å²) in [6.07, 6.45) is 3.29. The Kier molecular flexibility index (Phi) is 5.92. The highest BCUT2D eigenvalue weighted by Crippen LogP contribution is 2.13. The van der Waals surface area contributed by atoms with Crippen molar-refractivity contribution in [1.82, 2.24) is 10.2 Å². The van der Waals surface area contributed by atoms with Crippen LogP contribution in [0.4, 0.5) is 0 Å². The molecule has 2 unspecified atom stereocenters. The summed E-state index contributed by atoms with van der Waals surface area (Å²) in [6.45, 7) is 7.43. The van der Waals surface area contributed by atoms with Gasteiger partial charge in [0.25, 0.3) is 0 Å². The van der Waals surface area contributed by atoms with Gasteiger partial charge in [-0.25, -0.2) is 0 Å². The van der Waals surface area contributed by atoms with Gasteiger partial charge in [0.15, 0.2) is 0 Å². The van der Waals surface area contributed by atoms with Crippen molar-refractivity contribution in [2.45, 2.75) is 64.6 Å². The minimum Gasteiger partial charge on any atom is -0.391 e. The molecule has 17 heavy (non-hydrogen) atoms. The van der Waals surface area contributed by atoms with Crippen molar-refractivity contribution in [1.29, 1.82) is 0 Å². The Labute approximate surface area is 104 Å². The number of amides is 1. The fraction of sp³-hybridized carbons (Fsp3) is 0.923. The third-order valence-corrected chi connectivity index (χ3v) is 3.12. The number of piperidine rings is 1. The summed E-state index contributed by atoms with van der Waals surface area (Å²) in [5.41, 5.74) is 0. The van der Waals surface area contributed by atoms with Gasteiger partial charge < -0.3 is 15.3 Å². The molecule has 1 fully saturated rings. The first-order valence-corrected chi connectivity index (χ1v) is 6.77. The largest absolute Gasteiger partial charge is 0.391 e. The van der Waals surface area contributed by atoms with E-state index in [1.165, 1.54) is 0 Å². The molecule has 1 amide bonds. The zero-order valence-electron chi connectivity index (χ0n) is 11.3. The number of carbonyl (C=O) groups excluding carboxylic acids is 1. The molecule has 0 aromatic rings. The number of hydrogen-bond acceptors (Lipinski definition) is 3. The minimum absolute atomic E-state index is 0.0578. The van der Waals surface area contributed by atoms with Gasteiger partial charge in [0, 0.05) is 19.1 Å². The predicted molar refractivity (Wildman–Crippen MR) is 68.8 cm³/mol. The molecule has 1 rings (SSSR count). The van der Waals surface area contributed by atoms with Crippen LogP contribution in [0.15, 0.2) is 0 Å². The van der Waals surface area contributed by atoms with E-state index in [0.29, 0.717) is 12.6 Å². The average Bonchev–Trinajstić information content (AvgIpc) is 2.23. The van der Waals surface area contributed by atoms with Crippen LogP contribution in [0.5, 0.6) is 0 Å². The Morgan fingerprint density at radius 2 is 2.24 bits per heavy atom. The maximum absolute atomic E-state index is 12.2. The molecule has 1 heterocycles. The van der Waals surface area contributed by atoms with E-state index in [4.69, 9.17) is 0 Å². The summed E-state index contributed by atoms with van der Waals surface area (Å²) in [6, 6.07) is 0.266. The fourth-order valence-electron chi connectivity index (χ4n) is 2.36. The molecule has 1 aliphatic heterocycles. The molecule has 1 aliphatic rings. The number of rotatable bonds is 6. The fourth-order valence-corrected chi connectivity index (χ4v) is 2.36. The van der Waals surface area contributed by atoms with E-state index in [-0.39, 0.29) is 18.1 Å². The lowest BCUT2D eigenvalue weighted by Gasteiger charge is -2.34. The highest BCUT2D eigenvalue weighted by molar-refractivity contribution is 5.82. The second-order valence-electron chi connectivity index (χ2n) is 5.24. The average molecular weight is 242 g/mol. The topological polar surface area (TPSA) is 52.6 Å². The number of likely N-dealkylation sites (tertiary alicyclic amines) is 1. The second kappa shape index (κ2) is 6.97. The number of β-amino-alcohol motifs (C(OH)–C–C–N with tert-alkyl or cyclic N) is 1. The van der Waals surface area contributed by atoms with Crippen molar-refractivity contribution in [2.24, 2.45) is 0 Å². The first-order valence-electron chi connectivity index (χ1n) is 6.77. The molecule has 0 spiro atoms. The molecule has 4 nitrogen and oxygen atoms in total. The predicted octanol–water partition coefficient (Wildman–Crippen LogP) is 1.14. The van der Waals surface area contributed by atoms with E-state index in [1.54, 1.807) is 0 Å². The number of aliphatic hydroxyl groups is 1. The molecule has 4 heteroatoms. The Morgan fingerprint density at radius 3 is 2.82 bits per heavy atom. The lowest BCUT2D eigenvalue weighted by Crippen LogP contribution is -2.53. The van der Waals surface area contributed by atoms with Crippen LogP contribution >= 0.6 is 0 Å². The number of carbonyl (C=O) groups is 1. The summed E-state index contributed by atoms with van der Waals surface area (Å²) in [4.78, 5) is 14.0. The van der Waals surface area contributed by atoms with Crippen LogP contribution in [-0.4, -0.2) is 47.2 Å². The summed E-state index contributed by atoms with van der Waals surface area (Å²) in [5, 5.41) is 13.1. The van der Waals surface area contributed by atoms with E-state index in [1.807, 2.05) is 11.8 Å². The van der Waals surface area contributed by atoms with Gasteiger partial charge in [0.2, 0.25) is 5.91 Å². The number of nitrogens with zero attached hydrogens (tertiary/aromatic N) is 1. The molecule has 2 atom stereocenters. The summed E-state index contributed by atoms with van der Waals surface area (Å²) in [5.74, 6) is 0.153. The highest BCUT2D eigenvalue weighted by Gasteiger charge is 2.29. The third kappa shape index (κ3) is 4.64. The normalized spacial score (nSPS) is 23.2. The van der Waals surface area contributed by atoms with E-state index in [9.17, 15) is 9.90 Å². The SMILES string of the molecule is CCCC(O)CN1CCCC(NC(C)C)C1=O. The quantitative estimate of drug-likeness (QED) is 0.734. The van der Waals surface area contributed by atoms with Crippen LogP contribution in [-0.2, 0) is 4.79 Å². The smallest absolute Gasteiger partial charge is 0.239 e. The van der Waals surface area contributed by atoms with E-state index in [0.717, 1.165) is 32.2 Å². The van der Waals surface area contributed by atoms with Crippen LogP contribution in [0.25, 0.3) is 0 Å². The first-order chi connectivity index (χ1) is 8.04. The Hall–Kier alpha value is -0.610. The van der Waals surface area contributed by atoms with Crippen molar-refractivity contribution >= 4 is 5.91 Å². The molecule has 0 aromatic heterocycles. The molecule has 0 aliphatic carbocycles.